The molecule has 0 aliphatic rings. The number of hydrogen-bond donors (Lipinski definition) is 0. The standard InChI is InChI=1S/C26H51ClO/c1-3-5-6-7-8-9-10-11-12-13-14-15-16-17-18-19-21-25(24-28)22-23-26(27)20-4-2/h24-26H,3-23H2,1-2H3. The van der Waals surface area contributed by atoms with Gasteiger partial charge in [0.15, 0.2) is 0 Å². The topological polar surface area (TPSA) is 17.1 Å². The molecular weight excluding hydrogens is 364 g/mol. The minimum atomic E-state index is 0.241. The third-order valence-electron chi connectivity index (χ3n) is 6.07. The van der Waals surface area contributed by atoms with Crippen molar-refractivity contribution in [1.29, 1.82) is 0 Å². The Labute approximate surface area is 182 Å². The van der Waals surface area contributed by atoms with E-state index in [1.807, 2.05) is 0 Å². The molecule has 0 aliphatic heterocycles. The molecular formula is C26H51ClO. The van der Waals surface area contributed by atoms with Crippen molar-refractivity contribution in [3.05, 3.63) is 0 Å². The van der Waals surface area contributed by atoms with Crippen molar-refractivity contribution in [2.45, 2.75) is 154 Å². The molecule has 0 aromatic carbocycles. The quantitative estimate of drug-likeness (QED) is 0.0922. The second-order valence-corrected chi connectivity index (χ2v) is 9.57. The molecule has 0 aliphatic carbocycles. The van der Waals surface area contributed by atoms with Crippen molar-refractivity contribution in [3.8, 4) is 0 Å². The number of aldehydes is 1. The van der Waals surface area contributed by atoms with E-state index >= 15 is 0 Å². The average molecular weight is 415 g/mol. The molecule has 0 radical (unpaired) electrons. The molecule has 168 valence electrons. The van der Waals surface area contributed by atoms with Crippen LogP contribution in [-0.4, -0.2) is 11.7 Å². The van der Waals surface area contributed by atoms with Crippen LogP contribution in [0.3, 0.4) is 0 Å². The molecule has 2 heteroatoms. The van der Waals surface area contributed by atoms with Gasteiger partial charge in [0.1, 0.15) is 6.29 Å². The Kier molecular flexibility index (Phi) is 23.2. The zero-order valence-corrected chi connectivity index (χ0v) is 20.1. The lowest BCUT2D eigenvalue weighted by atomic mass is 9.95. The van der Waals surface area contributed by atoms with E-state index < -0.39 is 0 Å². The van der Waals surface area contributed by atoms with E-state index in [1.54, 1.807) is 0 Å². The Morgan fingerprint density at radius 3 is 1.36 bits per heavy atom. The molecule has 0 aromatic rings. The number of hydrogen-bond acceptors (Lipinski definition) is 1. The van der Waals surface area contributed by atoms with E-state index in [4.69, 9.17) is 11.6 Å². The maximum Gasteiger partial charge on any atom is 0.123 e. The van der Waals surface area contributed by atoms with Gasteiger partial charge in [0, 0.05) is 11.3 Å². The fourth-order valence-corrected chi connectivity index (χ4v) is 4.43. The van der Waals surface area contributed by atoms with Gasteiger partial charge in [-0.1, -0.05) is 123 Å². The minimum absolute atomic E-state index is 0.241. The lowest BCUT2D eigenvalue weighted by Gasteiger charge is -2.12. The molecule has 0 heterocycles. The maximum atomic E-state index is 11.2. The third-order valence-corrected chi connectivity index (χ3v) is 6.51. The lowest BCUT2D eigenvalue weighted by molar-refractivity contribution is -0.111. The summed E-state index contributed by atoms with van der Waals surface area (Å²) in [5.74, 6) is 0.241. The number of carbonyl (C=O) groups excluding carboxylic acids is 1. The molecule has 0 fully saturated rings. The number of unbranched alkanes of at least 4 members (excludes halogenated alkanes) is 15. The summed E-state index contributed by atoms with van der Waals surface area (Å²) >= 11 is 6.27. The van der Waals surface area contributed by atoms with Crippen LogP contribution in [0.1, 0.15) is 149 Å². The van der Waals surface area contributed by atoms with Crippen LogP contribution in [0.15, 0.2) is 0 Å². The van der Waals surface area contributed by atoms with Crippen molar-refractivity contribution in [3.63, 3.8) is 0 Å². The zero-order chi connectivity index (χ0) is 20.7. The number of carbonyl (C=O) groups is 1. The monoisotopic (exact) mass is 414 g/mol. The van der Waals surface area contributed by atoms with Crippen molar-refractivity contribution in [2.75, 3.05) is 0 Å². The largest absolute Gasteiger partial charge is 0.303 e. The van der Waals surface area contributed by atoms with Gasteiger partial charge in [-0.2, -0.15) is 0 Å². The molecule has 0 saturated carbocycles. The Bertz CT molecular complexity index is 305. The van der Waals surface area contributed by atoms with E-state index in [2.05, 4.69) is 13.8 Å². The van der Waals surface area contributed by atoms with E-state index in [9.17, 15) is 4.79 Å². The summed E-state index contributed by atoms with van der Waals surface area (Å²) in [5.41, 5.74) is 0. The van der Waals surface area contributed by atoms with Gasteiger partial charge < -0.3 is 4.79 Å². The fourth-order valence-electron chi connectivity index (χ4n) is 4.09. The van der Waals surface area contributed by atoms with Gasteiger partial charge in [0.05, 0.1) is 0 Å². The van der Waals surface area contributed by atoms with Gasteiger partial charge in [-0.15, -0.1) is 11.6 Å². The van der Waals surface area contributed by atoms with E-state index in [0.29, 0.717) is 0 Å². The summed E-state index contributed by atoms with van der Waals surface area (Å²) < 4.78 is 0. The van der Waals surface area contributed by atoms with Crippen LogP contribution in [0.25, 0.3) is 0 Å². The van der Waals surface area contributed by atoms with Crippen molar-refractivity contribution < 1.29 is 4.79 Å². The molecule has 0 bridgehead atoms. The van der Waals surface area contributed by atoms with Gasteiger partial charge in [-0.3, -0.25) is 0 Å². The number of rotatable bonds is 23. The van der Waals surface area contributed by atoms with Crippen LogP contribution in [0, 0.1) is 5.92 Å². The first-order chi connectivity index (χ1) is 13.7. The Morgan fingerprint density at radius 2 is 0.964 bits per heavy atom. The predicted molar refractivity (Wildman–Crippen MR) is 128 cm³/mol. The molecule has 1 nitrogen and oxygen atoms in total. The van der Waals surface area contributed by atoms with Crippen LogP contribution in [-0.2, 0) is 4.79 Å². The third kappa shape index (κ3) is 20.7. The van der Waals surface area contributed by atoms with Gasteiger partial charge in [0.2, 0.25) is 0 Å². The van der Waals surface area contributed by atoms with Gasteiger partial charge in [0.25, 0.3) is 0 Å². The van der Waals surface area contributed by atoms with Crippen molar-refractivity contribution in [2.24, 2.45) is 5.92 Å². The SMILES string of the molecule is CCCCCCCCCCCCCCCCCCC(C=O)CCC(Cl)CCC. The molecule has 0 spiro atoms. The second-order valence-electron chi connectivity index (χ2n) is 8.95. The fraction of sp³-hybridized carbons (Fsp3) is 0.962. The van der Waals surface area contributed by atoms with Gasteiger partial charge in [-0.05, 0) is 25.7 Å². The Morgan fingerprint density at radius 1 is 0.536 bits per heavy atom. The summed E-state index contributed by atoms with van der Waals surface area (Å²) in [4.78, 5) is 11.2. The molecule has 0 rings (SSSR count). The summed E-state index contributed by atoms with van der Waals surface area (Å²) in [5, 5.41) is 0.262. The zero-order valence-electron chi connectivity index (χ0n) is 19.4. The van der Waals surface area contributed by atoms with Crippen LogP contribution >= 0.6 is 11.6 Å². The Hall–Kier alpha value is -0.0400. The van der Waals surface area contributed by atoms with Crippen LogP contribution in [0.4, 0.5) is 0 Å². The summed E-state index contributed by atoms with van der Waals surface area (Å²) in [6, 6.07) is 0. The first kappa shape index (κ1) is 28.0. The van der Waals surface area contributed by atoms with Crippen molar-refractivity contribution >= 4 is 17.9 Å². The van der Waals surface area contributed by atoms with E-state index in [1.165, 1.54) is 109 Å². The highest BCUT2D eigenvalue weighted by molar-refractivity contribution is 6.20. The van der Waals surface area contributed by atoms with Crippen LogP contribution in [0.2, 0.25) is 0 Å². The first-order valence-corrected chi connectivity index (χ1v) is 13.3. The average Bonchev–Trinajstić information content (AvgIpc) is 2.70. The predicted octanol–water partition coefficient (Wildman–Crippen LogP) is 9.64. The summed E-state index contributed by atoms with van der Waals surface area (Å²) in [6.07, 6.45) is 28.8. The highest BCUT2D eigenvalue weighted by Crippen LogP contribution is 2.20. The number of halogens is 1. The smallest absolute Gasteiger partial charge is 0.123 e. The Balaban J connectivity index is 3.26. The van der Waals surface area contributed by atoms with Gasteiger partial charge in [-0.25, -0.2) is 0 Å². The lowest BCUT2D eigenvalue weighted by Crippen LogP contribution is -2.06. The molecule has 0 amide bonds. The van der Waals surface area contributed by atoms with E-state index in [0.717, 1.165) is 32.1 Å². The normalized spacial score (nSPS) is 13.5. The summed E-state index contributed by atoms with van der Waals surface area (Å²) in [6.45, 7) is 4.46. The molecule has 28 heavy (non-hydrogen) atoms. The highest BCUT2D eigenvalue weighted by atomic mass is 35.5. The molecule has 0 aromatic heterocycles. The maximum absolute atomic E-state index is 11.2. The van der Waals surface area contributed by atoms with E-state index in [-0.39, 0.29) is 11.3 Å². The first-order valence-electron chi connectivity index (χ1n) is 12.8. The summed E-state index contributed by atoms with van der Waals surface area (Å²) in [7, 11) is 0. The molecule has 0 N–H and O–H groups in total. The second kappa shape index (κ2) is 23.2. The molecule has 0 saturated heterocycles. The molecule has 2 unspecified atom stereocenters. The number of alkyl halides is 1. The van der Waals surface area contributed by atoms with Gasteiger partial charge >= 0.3 is 0 Å². The molecule has 2 atom stereocenters. The van der Waals surface area contributed by atoms with Crippen LogP contribution in [0.5, 0.6) is 0 Å². The highest BCUT2D eigenvalue weighted by Gasteiger charge is 2.10. The minimum Gasteiger partial charge on any atom is -0.303 e. The van der Waals surface area contributed by atoms with Crippen molar-refractivity contribution in [1.82, 2.24) is 0 Å². The van der Waals surface area contributed by atoms with Crippen LogP contribution < -0.4 is 0 Å².